The van der Waals surface area contributed by atoms with Gasteiger partial charge in [0.2, 0.25) is 0 Å². The molecule has 2 spiro atoms. The summed E-state index contributed by atoms with van der Waals surface area (Å²) in [6.45, 7) is 13.5. The number of Topliss-reactive ketones (excluding diaryl/α,β-unsaturated/α-hetero) is 1. The minimum Gasteiger partial charge on any atom is -0.411 e. The number of allylic oxidation sites excluding steroid dienone is 1. The van der Waals surface area contributed by atoms with Crippen molar-refractivity contribution in [2.75, 3.05) is 0 Å². The molecule has 4 fully saturated rings. The van der Waals surface area contributed by atoms with Crippen molar-refractivity contribution in [3.8, 4) is 0 Å². The van der Waals surface area contributed by atoms with Crippen LogP contribution in [-0.2, 0) is 9.22 Å². The Balaban J connectivity index is 1.83. The molecule has 4 rings (SSSR count). The number of hydrogen-bond acceptors (Lipinski definition) is 2. The highest BCUT2D eigenvalue weighted by molar-refractivity contribution is 6.71. The van der Waals surface area contributed by atoms with Gasteiger partial charge in [-0.1, -0.05) is 26.3 Å². The third-order valence-corrected chi connectivity index (χ3v) is 10.3. The molecule has 0 radical (unpaired) electrons. The lowest BCUT2D eigenvalue weighted by molar-refractivity contribution is -0.134. The first-order chi connectivity index (χ1) is 10.2. The van der Waals surface area contributed by atoms with Crippen LogP contribution < -0.4 is 0 Å². The van der Waals surface area contributed by atoms with E-state index in [1.54, 1.807) is 0 Å². The highest BCUT2D eigenvalue weighted by Crippen LogP contribution is 2.75. The zero-order valence-corrected chi connectivity index (χ0v) is 15.6. The van der Waals surface area contributed by atoms with Gasteiger partial charge in [0.25, 0.3) is 0 Å². The van der Waals surface area contributed by atoms with Crippen LogP contribution in [0.25, 0.3) is 0 Å². The average Bonchev–Trinajstić information content (AvgIpc) is 2.79. The Bertz CT molecular complexity index is 552. The molecule has 4 aliphatic rings. The second kappa shape index (κ2) is 4.16. The molecule has 0 aromatic carbocycles. The molecule has 22 heavy (non-hydrogen) atoms. The maximum absolute atomic E-state index is 13.4. The fraction of sp³-hybridized carbons (Fsp3) is 0.842. The first-order valence-corrected chi connectivity index (χ1v) is 12.2. The van der Waals surface area contributed by atoms with E-state index in [0.717, 1.165) is 31.7 Å². The van der Waals surface area contributed by atoms with Crippen molar-refractivity contribution in [1.29, 1.82) is 0 Å². The average molecular weight is 319 g/mol. The molecule has 0 aromatic heterocycles. The van der Waals surface area contributed by atoms with Crippen LogP contribution in [-0.4, -0.2) is 19.7 Å². The van der Waals surface area contributed by atoms with Crippen molar-refractivity contribution >= 4 is 14.1 Å². The summed E-state index contributed by atoms with van der Waals surface area (Å²) in [5.74, 6) is 1.94. The van der Waals surface area contributed by atoms with Gasteiger partial charge in [-0.05, 0) is 55.7 Å². The van der Waals surface area contributed by atoms with Gasteiger partial charge in [-0.25, -0.2) is 0 Å². The molecule has 1 saturated heterocycles. The Morgan fingerprint density at radius 3 is 2.77 bits per heavy atom. The summed E-state index contributed by atoms with van der Waals surface area (Å²) in [6, 6.07) is 1.16. The lowest BCUT2D eigenvalue weighted by atomic mass is 9.63. The van der Waals surface area contributed by atoms with Gasteiger partial charge in [0.05, 0.1) is 5.60 Å². The van der Waals surface area contributed by atoms with E-state index in [1.807, 2.05) is 0 Å². The van der Waals surface area contributed by atoms with Gasteiger partial charge in [0, 0.05) is 17.8 Å². The normalized spacial score (nSPS) is 51.3. The maximum atomic E-state index is 13.4. The Kier molecular flexibility index (Phi) is 2.86. The molecule has 1 heterocycles. The van der Waals surface area contributed by atoms with Crippen LogP contribution in [0.3, 0.4) is 0 Å². The van der Waals surface area contributed by atoms with E-state index >= 15 is 0 Å². The maximum Gasteiger partial charge on any atom is 0.187 e. The van der Waals surface area contributed by atoms with E-state index in [-0.39, 0.29) is 16.4 Å². The van der Waals surface area contributed by atoms with E-state index in [1.165, 1.54) is 6.42 Å². The fourth-order valence-electron chi connectivity index (χ4n) is 6.77. The summed E-state index contributed by atoms with van der Waals surface area (Å²) in [7, 11) is -1.69. The third-order valence-electron chi connectivity index (χ3n) is 7.88. The minimum atomic E-state index is -1.69. The molecule has 3 saturated carbocycles. The SMILES string of the molecule is C=C[C@@H]1CCC[C@]12C(=O)C[C@@H]1C(C)(C)[C@]13C[C@H]2C[Si](C)(C)O3. The lowest BCUT2D eigenvalue weighted by Crippen LogP contribution is -2.52. The Morgan fingerprint density at radius 1 is 1.36 bits per heavy atom. The van der Waals surface area contributed by atoms with Crippen molar-refractivity contribution in [2.45, 2.75) is 70.7 Å². The van der Waals surface area contributed by atoms with Crippen LogP contribution in [0.4, 0.5) is 0 Å². The summed E-state index contributed by atoms with van der Waals surface area (Å²) in [5, 5.41) is 0. The molecule has 0 aromatic rings. The van der Waals surface area contributed by atoms with Crippen LogP contribution in [0.1, 0.15) is 46.0 Å². The molecule has 1 aliphatic heterocycles. The molecule has 3 heteroatoms. The molecule has 3 aliphatic carbocycles. The second-order valence-electron chi connectivity index (χ2n) is 9.53. The number of ketones is 1. The summed E-state index contributed by atoms with van der Waals surface area (Å²) in [5.41, 5.74) is 0.112. The topological polar surface area (TPSA) is 26.3 Å². The van der Waals surface area contributed by atoms with Gasteiger partial charge >= 0.3 is 0 Å². The predicted molar refractivity (Wildman–Crippen MR) is 91.1 cm³/mol. The summed E-state index contributed by atoms with van der Waals surface area (Å²) >= 11 is 0. The molecular formula is C19H30O2Si. The first kappa shape index (κ1) is 15.1. The summed E-state index contributed by atoms with van der Waals surface area (Å²) in [4.78, 5) is 13.4. The van der Waals surface area contributed by atoms with Crippen LogP contribution in [0, 0.1) is 28.6 Å². The minimum absolute atomic E-state index is 0.0130. The molecule has 0 N–H and O–H groups in total. The monoisotopic (exact) mass is 318 g/mol. The van der Waals surface area contributed by atoms with Gasteiger partial charge in [-0.3, -0.25) is 4.79 Å². The van der Waals surface area contributed by atoms with Gasteiger partial charge in [-0.15, -0.1) is 6.58 Å². The van der Waals surface area contributed by atoms with E-state index in [9.17, 15) is 4.79 Å². The van der Waals surface area contributed by atoms with Gasteiger partial charge in [0.15, 0.2) is 8.32 Å². The van der Waals surface area contributed by atoms with Crippen LogP contribution in [0.2, 0.25) is 19.1 Å². The zero-order valence-electron chi connectivity index (χ0n) is 14.6. The summed E-state index contributed by atoms with van der Waals surface area (Å²) in [6.07, 6.45) is 7.43. The van der Waals surface area contributed by atoms with Crippen molar-refractivity contribution in [2.24, 2.45) is 28.6 Å². The van der Waals surface area contributed by atoms with E-state index in [2.05, 4.69) is 39.6 Å². The number of fused-ring (bicyclic) bond motifs is 2. The van der Waals surface area contributed by atoms with Crippen LogP contribution >= 0.6 is 0 Å². The first-order valence-electron chi connectivity index (χ1n) is 9.06. The smallest absolute Gasteiger partial charge is 0.187 e. The molecule has 0 unspecified atom stereocenters. The predicted octanol–water partition coefficient (Wildman–Crippen LogP) is 4.57. The standard InChI is InChI=1S/C19H30O2Si/c1-6-13-8-7-9-18(13)14-11-19(21-22(4,5)12-14)15(10-16(18)20)17(19,2)3/h6,13-15H,1,7-12H2,2-5H3/t13-,14+,15-,18+,19+/m1/s1. The quantitative estimate of drug-likeness (QED) is 0.523. The van der Waals surface area contributed by atoms with Gasteiger partial charge < -0.3 is 4.43 Å². The molecule has 122 valence electrons. The largest absolute Gasteiger partial charge is 0.411 e. The molecule has 0 amide bonds. The fourth-order valence-corrected chi connectivity index (χ4v) is 10.0. The molecule has 2 nitrogen and oxygen atoms in total. The molecule has 2 bridgehead atoms. The third kappa shape index (κ3) is 1.57. The molecular weight excluding hydrogens is 288 g/mol. The molecule has 5 atom stereocenters. The van der Waals surface area contributed by atoms with Crippen LogP contribution in [0.15, 0.2) is 12.7 Å². The van der Waals surface area contributed by atoms with Crippen molar-refractivity contribution in [3.05, 3.63) is 12.7 Å². The number of carbonyl (C=O) groups is 1. The van der Waals surface area contributed by atoms with Crippen LogP contribution in [0.5, 0.6) is 0 Å². The zero-order chi connectivity index (χ0) is 16.0. The lowest BCUT2D eigenvalue weighted by Gasteiger charge is -2.49. The Labute approximate surface area is 135 Å². The number of hydrogen-bond donors (Lipinski definition) is 0. The Hall–Kier alpha value is -0.413. The summed E-state index contributed by atoms with van der Waals surface area (Å²) < 4.78 is 6.78. The van der Waals surface area contributed by atoms with E-state index in [4.69, 9.17) is 4.43 Å². The number of carbonyl (C=O) groups excluding carboxylic acids is 1. The van der Waals surface area contributed by atoms with E-state index < -0.39 is 8.32 Å². The van der Waals surface area contributed by atoms with E-state index in [0.29, 0.717) is 23.5 Å². The van der Waals surface area contributed by atoms with Gasteiger partial charge in [0.1, 0.15) is 5.78 Å². The highest BCUT2D eigenvalue weighted by atomic mass is 28.4. The second-order valence-corrected chi connectivity index (χ2v) is 13.7. The van der Waals surface area contributed by atoms with Crippen molar-refractivity contribution in [3.63, 3.8) is 0 Å². The highest BCUT2D eigenvalue weighted by Gasteiger charge is 2.78. The van der Waals surface area contributed by atoms with Gasteiger partial charge in [-0.2, -0.15) is 0 Å². The van der Waals surface area contributed by atoms with Crippen molar-refractivity contribution in [1.82, 2.24) is 0 Å². The number of rotatable bonds is 1. The Morgan fingerprint density at radius 2 is 2.09 bits per heavy atom. The van der Waals surface area contributed by atoms with Crippen molar-refractivity contribution < 1.29 is 9.22 Å².